The number of nitrogens with one attached hydrogen (secondary N) is 1. The molecule has 0 radical (unpaired) electrons. The van der Waals surface area contributed by atoms with Gasteiger partial charge in [0.15, 0.2) is 0 Å². The highest BCUT2D eigenvalue weighted by molar-refractivity contribution is 6.32. The van der Waals surface area contributed by atoms with E-state index >= 15 is 0 Å². The van der Waals surface area contributed by atoms with Gasteiger partial charge in [-0.2, -0.15) is 0 Å². The molecule has 0 aliphatic heterocycles. The molecule has 0 bridgehead atoms. The van der Waals surface area contributed by atoms with Crippen LogP contribution in [0.1, 0.15) is 5.56 Å². The molecule has 0 aliphatic rings. The minimum Gasteiger partial charge on any atom is -0.478 e. The molecular formula is C13H15ClN2O3. The Morgan fingerprint density at radius 2 is 2.16 bits per heavy atom. The Bertz CT molecular complexity index is 515. The molecule has 1 rings (SSSR count). The van der Waals surface area contributed by atoms with Gasteiger partial charge in [-0.15, -0.1) is 0 Å². The molecule has 0 aliphatic carbocycles. The van der Waals surface area contributed by atoms with Crippen LogP contribution in [0.3, 0.4) is 0 Å². The Labute approximate surface area is 116 Å². The zero-order valence-corrected chi connectivity index (χ0v) is 11.4. The van der Waals surface area contributed by atoms with Crippen molar-refractivity contribution in [3.63, 3.8) is 0 Å². The smallest absolute Gasteiger partial charge is 0.328 e. The van der Waals surface area contributed by atoms with E-state index in [4.69, 9.17) is 16.7 Å². The fourth-order valence-corrected chi connectivity index (χ4v) is 1.79. The van der Waals surface area contributed by atoms with Gasteiger partial charge < -0.3 is 15.3 Å². The average Bonchev–Trinajstić information content (AvgIpc) is 2.36. The molecule has 0 fully saturated rings. The molecule has 102 valence electrons. The van der Waals surface area contributed by atoms with E-state index in [0.29, 0.717) is 16.3 Å². The van der Waals surface area contributed by atoms with Crippen LogP contribution in [0.4, 0.5) is 5.69 Å². The van der Waals surface area contributed by atoms with Gasteiger partial charge in [0.2, 0.25) is 5.91 Å². The van der Waals surface area contributed by atoms with Crippen molar-refractivity contribution < 1.29 is 14.7 Å². The van der Waals surface area contributed by atoms with E-state index < -0.39 is 5.97 Å². The zero-order chi connectivity index (χ0) is 14.4. The van der Waals surface area contributed by atoms with Gasteiger partial charge in [-0.1, -0.05) is 17.7 Å². The highest BCUT2D eigenvalue weighted by Crippen LogP contribution is 2.28. The van der Waals surface area contributed by atoms with Crippen molar-refractivity contribution in [2.75, 3.05) is 25.5 Å². The maximum atomic E-state index is 11.4. The number of rotatable bonds is 5. The van der Waals surface area contributed by atoms with Crippen LogP contribution >= 0.6 is 11.6 Å². The standard InChI is InChI=1S/C13H15ClN2O3/c1-15-12(17)8-16(2)11-5-3-4-10(14)9(11)6-7-13(18)19/h3-7H,8H2,1-2H3,(H,15,17)(H,18,19)/b7-6+. The Morgan fingerprint density at radius 3 is 2.74 bits per heavy atom. The van der Waals surface area contributed by atoms with Crippen molar-refractivity contribution in [1.82, 2.24) is 5.32 Å². The lowest BCUT2D eigenvalue weighted by atomic mass is 10.1. The second-order valence-electron chi connectivity index (χ2n) is 3.87. The molecule has 1 aromatic rings. The number of carboxylic acids is 1. The monoisotopic (exact) mass is 282 g/mol. The summed E-state index contributed by atoms with van der Waals surface area (Å²) in [6.45, 7) is 0.157. The summed E-state index contributed by atoms with van der Waals surface area (Å²) in [5, 5.41) is 11.6. The van der Waals surface area contributed by atoms with E-state index in [-0.39, 0.29) is 12.5 Å². The van der Waals surface area contributed by atoms with Crippen molar-refractivity contribution in [2.45, 2.75) is 0 Å². The third-order valence-electron chi connectivity index (χ3n) is 2.49. The van der Waals surface area contributed by atoms with Gasteiger partial charge in [-0.05, 0) is 18.2 Å². The number of likely N-dealkylation sites (N-methyl/N-ethyl adjacent to an activating group) is 2. The first-order valence-electron chi connectivity index (χ1n) is 5.57. The van der Waals surface area contributed by atoms with Crippen molar-refractivity contribution in [3.8, 4) is 0 Å². The van der Waals surface area contributed by atoms with Gasteiger partial charge >= 0.3 is 5.97 Å². The van der Waals surface area contributed by atoms with E-state index in [1.54, 1.807) is 37.2 Å². The Morgan fingerprint density at radius 1 is 1.47 bits per heavy atom. The lowest BCUT2D eigenvalue weighted by Crippen LogP contribution is -2.33. The molecule has 0 aromatic heterocycles. The number of carbonyl (C=O) groups is 2. The third kappa shape index (κ3) is 4.30. The van der Waals surface area contributed by atoms with Gasteiger partial charge in [0.1, 0.15) is 0 Å². The molecule has 0 atom stereocenters. The summed E-state index contributed by atoms with van der Waals surface area (Å²) >= 11 is 6.06. The molecule has 19 heavy (non-hydrogen) atoms. The van der Waals surface area contributed by atoms with Gasteiger partial charge in [0.25, 0.3) is 0 Å². The summed E-state index contributed by atoms with van der Waals surface area (Å²) in [6.07, 6.45) is 2.43. The fourth-order valence-electron chi connectivity index (χ4n) is 1.56. The summed E-state index contributed by atoms with van der Waals surface area (Å²) in [5.74, 6) is -1.20. The van der Waals surface area contributed by atoms with E-state index in [9.17, 15) is 9.59 Å². The normalized spacial score (nSPS) is 10.5. The van der Waals surface area contributed by atoms with E-state index in [0.717, 1.165) is 6.08 Å². The summed E-state index contributed by atoms with van der Waals surface area (Å²) in [6, 6.07) is 5.19. The third-order valence-corrected chi connectivity index (χ3v) is 2.82. The van der Waals surface area contributed by atoms with Crippen molar-refractivity contribution in [1.29, 1.82) is 0 Å². The van der Waals surface area contributed by atoms with Gasteiger partial charge in [0, 0.05) is 36.4 Å². The molecule has 6 heteroatoms. The number of carboxylic acid groups (broad SMARTS) is 1. The predicted molar refractivity (Wildman–Crippen MR) is 75.5 cm³/mol. The first-order valence-corrected chi connectivity index (χ1v) is 5.94. The average molecular weight is 283 g/mol. The van der Waals surface area contributed by atoms with Crippen LogP contribution in [0.15, 0.2) is 24.3 Å². The number of benzene rings is 1. The Kier molecular flexibility index (Phi) is 5.38. The van der Waals surface area contributed by atoms with Gasteiger partial charge in [0.05, 0.1) is 6.54 Å². The minimum absolute atomic E-state index is 0.143. The second-order valence-corrected chi connectivity index (χ2v) is 4.28. The largest absolute Gasteiger partial charge is 0.478 e. The number of halogens is 1. The summed E-state index contributed by atoms with van der Waals surface area (Å²) < 4.78 is 0. The molecule has 1 aromatic carbocycles. The minimum atomic E-state index is -1.06. The fraction of sp³-hybridized carbons (Fsp3) is 0.231. The van der Waals surface area contributed by atoms with E-state index in [1.165, 1.54) is 6.08 Å². The lowest BCUT2D eigenvalue weighted by Gasteiger charge is -2.21. The molecule has 0 spiro atoms. The SMILES string of the molecule is CNC(=O)CN(C)c1cccc(Cl)c1/C=C/C(=O)O. The first-order chi connectivity index (χ1) is 8.95. The van der Waals surface area contributed by atoms with Crippen LogP contribution in [-0.2, 0) is 9.59 Å². The quantitative estimate of drug-likeness (QED) is 0.805. The predicted octanol–water partition coefficient (Wildman–Crippen LogP) is 1.62. The molecule has 0 unspecified atom stereocenters. The highest BCUT2D eigenvalue weighted by atomic mass is 35.5. The summed E-state index contributed by atoms with van der Waals surface area (Å²) in [5.41, 5.74) is 1.26. The maximum Gasteiger partial charge on any atom is 0.328 e. The molecule has 1 amide bonds. The summed E-state index contributed by atoms with van der Waals surface area (Å²) in [4.78, 5) is 23.6. The number of hydrogen-bond acceptors (Lipinski definition) is 3. The van der Waals surface area contributed by atoms with E-state index in [2.05, 4.69) is 5.32 Å². The van der Waals surface area contributed by atoms with Crippen molar-refractivity contribution in [2.24, 2.45) is 0 Å². The molecular weight excluding hydrogens is 268 g/mol. The van der Waals surface area contributed by atoms with Crippen LogP contribution < -0.4 is 10.2 Å². The summed E-state index contributed by atoms with van der Waals surface area (Å²) in [7, 11) is 3.29. The number of nitrogens with zero attached hydrogens (tertiary/aromatic N) is 1. The number of amides is 1. The second kappa shape index (κ2) is 6.80. The molecule has 0 saturated heterocycles. The van der Waals surface area contributed by atoms with Crippen LogP contribution in [0.5, 0.6) is 0 Å². The van der Waals surface area contributed by atoms with Crippen molar-refractivity contribution >= 4 is 35.2 Å². The van der Waals surface area contributed by atoms with Gasteiger partial charge in [-0.25, -0.2) is 4.79 Å². The van der Waals surface area contributed by atoms with Gasteiger partial charge in [-0.3, -0.25) is 4.79 Å². The van der Waals surface area contributed by atoms with Crippen LogP contribution in [0.2, 0.25) is 5.02 Å². The van der Waals surface area contributed by atoms with Crippen LogP contribution in [-0.4, -0.2) is 37.6 Å². The van der Waals surface area contributed by atoms with Crippen molar-refractivity contribution in [3.05, 3.63) is 34.9 Å². The highest BCUT2D eigenvalue weighted by Gasteiger charge is 2.11. The number of aliphatic carboxylic acids is 1. The number of hydrogen-bond donors (Lipinski definition) is 2. The van der Waals surface area contributed by atoms with E-state index in [1.807, 2.05) is 0 Å². The Balaban J connectivity index is 3.09. The molecule has 0 heterocycles. The lowest BCUT2D eigenvalue weighted by molar-refractivity contribution is -0.131. The zero-order valence-electron chi connectivity index (χ0n) is 10.7. The molecule has 5 nitrogen and oxygen atoms in total. The molecule has 2 N–H and O–H groups in total. The number of carbonyl (C=O) groups excluding carboxylic acids is 1. The van der Waals surface area contributed by atoms with Crippen LogP contribution in [0.25, 0.3) is 6.08 Å². The maximum absolute atomic E-state index is 11.4. The molecule has 0 saturated carbocycles. The van der Waals surface area contributed by atoms with Crippen LogP contribution in [0, 0.1) is 0 Å². The Hall–Kier alpha value is -2.01. The number of anilines is 1. The topological polar surface area (TPSA) is 69.6 Å². The first kappa shape index (κ1) is 15.0.